The van der Waals surface area contributed by atoms with E-state index in [2.05, 4.69) is 16.8 Å². The van der Waals surface area contributed by atoms with Gasteiger partial charge in [-0.1, -0.05) is 11.8 Å². The number of nitrogens with two attached hydrogens (primary N) is 1. The van der Waals surface area contributed by atoms with E-state index < -0.39 is 0 Å². The normalized spacial score (nSPS) is 14.4. The van der Waals surface area contributed by atoms with Crippen molar-refractivity contribution < 1.29 is 9.59 Å². The first-order valence-corrected chi connectivity index (χ1v) is 6.81. The predicted molar refractivity (Wildman–Crippen MR) is 78.3 cm³/mol. The van der Waals surface area contributed by atoms with E-state index in [0.29, 0.717) is 38.4 Å². The molecule has 1 saturated heterocycles. The number of piperazine rings is 1. The largest absolute Gasteiger partial charge is 0.339 e. The molecule has 1 aromatic rings. The van der Waals surface area contributed by atoms with E-state index >= 15 is 0 Å². The molecule has 1 aliphatic heterocycles. The van der Waals surface area contributed by atoms with Gasteiger partial charge < -0.3 is 15.5 Å². The van der Waals surface area contributed by atoms with E-state index in [1.807, 2.05) is 0 Å². The molecule has 2 amide bonds. The number of pyridine rings is 1. The van der Waals surface area contributed by atoms with Gasteiger partial charge in [0.2, 0.25) is 5.91 Å². The zero-order valence-corrected chi connectivity index (χ0v) is 12.0. The zero-order chi connectivity index (χ0) is 15.2. The lowest BCUT2D eigenvalue weighted by Crippen LogP contribution is -2.50. The van der Waals surface area contributed by atoms with Crippen LogP contribution in [0.15, 0.2) is 18.3 Å². The molecule has 0 spiro atoms. The average Bonchev–Trinajstić information content (AvgIpc) is 2.53. The third kappa shape index (κ3) is 3.80. The van der Waals surface area contributed by atoms with Gasteiger partial charge in [0.1, 0.15) is 5.69 Å². The third-order valence-corrected chi connectivity index (χ3v) is 3.33. The second-order valence-corrected chi connectivity index (χ2v) is 4.74. The summed E-state index contributed by atoms with van der Waals surface area (Å²) >= 11 is 0. The van der Waals surface area contributed by atoms with E-state index in [4.69, 9.17) is 5.73 Å². The molecule has 0 saturated carbocycles. The molecule has 2 rings (SSSR count). The van der Waals surface area contributed by atoms with E-state index in [0.717, 1.165) is 5.56 Å². The van der Waals surface area contributed by atoms with Crippen LogP contribution >= 0.6 is 0 Å². The quantitative estimate of drug-likeness (QED) is 0.719. The predicted octanol–water partition coefficient (Wildman–Crippen LogP) is -0.304. The van der Waals surface area contributed by atoms with Crippen LogP contribution in [-0.4, -0.2) is 59.3 Å². The van der Waals surface area contributed by atoms with Crippen molar-refractivity contribution in [3.63, 3.8) is 0 Å². The van der Waals surface area contributed by atoms with Gasteiger partial charge in [-0.15, -0.1) is 0 Å². The highest BCUT2D eigenvalue weighted by Gasteiger charge is 2.23. The summed E-state index contributed by atoms with van der Waals surface area (Å²) in [5, 5.41) is 0. The van der Waals surface area contributed by atoms with Crippen LogP contribution in [0.1, 0.15) is 23.0 Å². The van der Waals surface area contributed by atoms with E-state index in [-0.39, 0.29) is 11.8 Å². The van der Waals surface area contributed by atoms with Crippen molar-refractivity contribution in [2.45, 2.75) is 6.92 Å². The highest BCUT2D eigenvalue weighted by molar-refractivity contribution is 5.92. The Kier molecular flexibility index (Phi) is 4.90. The van der Waals surface area contributed by atoms with Gasteiger partial charge in [0.25, 0.3) is 5.91 Å². The molecule has 6 nitrogen and oxygen atoms in total. The standard InChI is InChI=1S/C15H18N4O2/c1-12(20)18-7-9-19(10-8-18)15(21)14-5-4-13(11-17-14)3-2-6-16/h4-5,11H,6-10,16H2,1H3. The minimum absolute atomic E-state index is 0.0445. The summed E-state index contributed by atoms with van der Waals surface area (Å²) in [5.74, 6) is 5.53. The van der Waals surface area contributed by atoms with Gasteiger partial charge in [-0.3, -0.25) is 9.59 Å². The monoisotopic (exact) mass is 286 g/mol. The van der Waals surface area contributed by atoms with Gasteiger partial charge in [0.15, 0.2) is 0 Å². The second-order valence-electron chi connectivity index (χ2n) is 4.74. The molecule has 110 valence electrons. The van der Waals surface area contributed by atoms with Crippen LogP contribution in [0.5, 0.6) is 0 Å². The van der Waals surface area contributed by atoms with Gasteiger partial charge in [0.05, 0.1) is 6.54 Å². The maximum atomic E-state index is 12.3. The Morgan fingerprint density at radius 3 is 2.43 bits per heavy atom. The average molecular weight is 286 g/mol. The Bertz CT molecular complexity index is 578. The van der Waals surface area contributed by atoms with Gasteiger partial charge in [-0.2, -0.15) is 0 Å². The molecule has 21 heavy (non-hydrogen) atoms. The van der Waals surface area contributed by atoms with Crippen molar-refractivity contribution in [2.75, 3.05) is 32.7 Å². The fraction of sp³-hybridized carbons (Fsp3) is 0.400. The maximum Gasteiger partial charge on any atom is 0.272 e. The van der Waals surface area contributed by atoms with Crippen molar-refractivity contribution in [1.29, 1.82) is 0 Å². The highest BCUT2D eigenvalue weighted by atomic mass is 16.2. The van der Waals surface area contributed by atoms with E-state index in [1.54, 1.807) is 35.1 Å². The van der Waals surface area contributed by atoms with Crippen LogP contribution in [0.3, 0.4) is 0 Å². The van der Waals surface area contributed by atoms with E-state index in [9.17, 15) is 9.59 Å². The second kappa shape index (κ2) is 6.86. The number of aromatic nitrogens is 1. The first-order valence-electron chi connectivity index (χ1n) is 6.81. The molecule has 0 aromatic carbocycles. The van der Waals surface area contributed by atoms with Crippen LogP contribution in [0, 0.1) is 11.8 Å². The molecule has 1 aromatic heterocycles. The number of carbonyl (C=O) groups excluding carboxylic acids is 2. The molecule has 1 aliphatic rings. The third-order valence-electron chi connectivity index (χ3n) is 3.33. The summed E-state index contributed by atoms with van der Waals surface area (Å²) in [7, 11) is 0. The van der Waals surface area contributed by atoms with Crippen LogP contribution in [0.25, 0.3) is 0 Å². The number of rotatable bonds is 1. The number of hydrogen-bond donors (Lipinski definition) is 1. The molecule has 1 fully saturated rings. The summed E-state index contributed by atoms with van der Waals surface area (Å²) in [5.41, 5.74) is 6.43. The number of amides is 2. The van der Waals surface area contributed by atoms with Crippen molar-refractivity contribution in [2.24, 2.45) is 5.73 Å². The lowest BCUT2D eigenvalue weighted by atomic mass is 10.2. The molecule has 6 heteroatoms. The molecular formula is C15H18N4O2. The Labute approximate surface area is 123 Å². The molecule has 2 heterocycles. The van der Waals surface area contributed by atoms with Crippen LogP contribution in [0.2, 0.25) is 0 Å². The molecule has 0 unspecified atom stereocenters. The van der Waals surface area contributed by atoms with Gasteiger partial charge >= 0.3 is 0 Å². The maximum absolute atomic E-state index is 12.3. The van der Waals surface area contributed by atoms with Crippen molar-refractivity contribution in [3.05, 3.63) is 29.6 Å². The summed E-state index contributed by atoms with van der Waals surface area (Å²) in [6.45, 7) is 4.05. The van der Waals surface area contributed by atoms with Crippen molar-refractivity contribution in [3.8, 4) is 11.8 Å². The Morgan fingerprint density at radius 1 is 1.24 bits per heavy atom. The fourth-order valence-electron chi connectivity index (χ4n) is 2.13. The first-order chi connectivity index (χ1) is 10.1. The summed E-state index contributed by atoms with van der Waals surface area (Å²) in [6, 6.07) is 3.43. The highest BCUT2D eigenvalue weighted by Crippen LogP contribution is 2.08. The summed E-state index contributed by atoms with van der Waals surface area (Å²) in [6.07, 6.45) is 1.57. The zero-order valence-electron chi connectivity index (χ0n) is 12.0. The Balaban J connectivity index is 1.99. The minimum Gasteiger partial charge on any atom is -0.339 e. The van der Waals surface area contributed by atoms with Crippen molar-refractivity contribution in [1.82, 2.24) is 14.8 Å². The smallest absolute Gasteiger partial charge is 0.272 e. The minimum atomic E-state index is -0.114. The molecule has 2 N–H and O–H groups in total. The molecule has 0 radical (unpaired) electrons. The molecule has 0 atom stereocenters. The lowest BCUT2D eigenvalue weighted by molar-refractivity contribution is -0.130. The van der Waals surface area contributed by atoms with E-state index in [1.165, 1.54) is 0 Å². The Hall–Kier alpha value is -2.39. The molecule has 0 aliphatic carbocycles. The van der Waals surface area contributed by atoms with Crippen molar-refractivity contribution >= 4 is 11.8 Å². The molecule has 0 bridgehead atoms. The summed E-state index contributed by atoms with van der Waals surface area (Å²) < 4.78 is 0. The SMILES string of the molecule is CC(=O)N1CCN(C(=O)c2ccc(C#CCN)cn2)CC1. The Morgan fingerprint density at radius 2 is 1.90 bits per heavy atom. The first kappa shape index (κ1) is 15.0. The fourth-order valence-corrected chi connectivity index (χ4v) is 2.13. The van der Waals surface area contributed by atoms with Crippen LogP contribution in [-0.2, 0) is 4.79 Å². The topological polar surface area (TPSA) is 79.5 Å². The van der Waals surface area contributed by atoms with Gasteiger partial charge in [-0.25, -0.2) is 4.98 Å². The molecular weight excluding hydrogens is 268 g/mol. The number of carbonyl (C=O) groups is 2. The lowest BCUT2D eigenvalue weighted by Gasteiger charge is -2.34. The number of hydrogen-bond acceptors (Lipinski definition) is 4. The summed E-state index contributed by atoms with van der Waals surface area (Å²) in [4.78, 5) is 31.2. The van der Waals surface area contributed by atoms with Crippen LogP contribution in [0.4, 0.5) is 0 Å². The number of nitrogens with zero attached hydrogens (tertiary/aromatic N) is 3. The van der Waals surface area contributed by atoms with Gasteiger partial charge in [0, 0.05) is 44.9 Å². The van der Waals surface area contributed by atoms with Crippen LogP contribution < -0.4 is 5.73 Å². The van der Waals surface area contributed by atoms with Gasteiger partial charge in [-0.05, 0) is 12.1 Å².